The van der Waals surface area contributed by atoms with Gasteiger partial charge in [-0.25, -0.2) is 0 Å². The quantitative estimate of drug-likeness (QED) is 0.0339. The molecule has 0 spiro atoms. The van der Waals surface area contributed by atoms with E-state index in [0.29, 0.717) is 48.1 Å². The van der Waals surface area contributed by atoms with Crippen LogP contribution in [0.3, 0.4) is 0 Å². The van der Waals surface area contributed by atoms with Crippen LogP contribution in [0.25, 0.3) is 11.1 Å². The van der Waals surface area contributed by atoms with Gasteiger partial charge in [0.2, 0.25) is 11.7 Å². The monoisotopic (exact) mass is 911 g/mol. The summed E-state index contributed by atoms with van der Waals surface area (Å²) in [5.74, 6) is 0.653. The van der Waals surface area contributed by atoms with Gasteiger partial charge in [-0.3, -0.25) is 14.9 Å². The average molecular weight is 912 g/mol. The highest BCUT2D eigenvalue weighted by atomic mass is 16.7. The number of benzene rings is 4. The van der Waals surface area contributed by atoms with Crippen LogP contribution in [0.4, 0.5) is 5.69 Å². The third kappa shape index (κ3) is 10.8. The molecule has 4 aliphatic rings. The van der Waals surface area contributed by atoms with Crippen molar-refractivity contribution < 1.29 is 39.0 Å². The van der Waals surface area contributed by atoms with Gasteiger partial charge in [-0.2, -0.15) is 0 Å². The number of carbonyl (C=O) groups is 1. The minimum atomic E-state index is -1.35. The van der Waals surface area contributed by atoms with Crippen molar-refractivity contribution in [2.75, 3.05) is 26.9 Å². The molecular weight excluding hydrogens is 847 g/mol. The fourth-order valence-electron chi connectivity index (χ4n) is 11.1. The van der Waals surface area contributed by atoms with Gasteiger partial charge in [0.15, 0.2) is 0 Å². The Bertz CT molecular complexity index is 2360. The van der Waals surface area contributed by atoms with Gasteiger partial charge in [0.1, 0.15) is 29.9 Å². The van der Waals surface area contributed by atoms with Gasteiger partial charge in [-0.05, 0) is 115 Å². The Morgan fingerprint density at radius 2 is 1.61 bits per heavy atom. The second kappa shape index (κ2) is 22.3. The van der Waals surface area contributed by atoms with Crippen molar-refractivity contribution in [3.63, 3.8) is 0 Å². The molecule has 3 aliphatic carbocycles. The van der Waals surface area contributed by atoms with E-state index in [9.17, 15) is 25.1 Å². The number of hydrogen-bond acceptors (Lipinski definition) is 10. The Hall–Kier alpha value is -5.82. The van der Waals surface area contributed by atoms with E-state index in [0.717, 1.165) is 72.8 Å². The maximum atomic E-state index is 14.5. The van der Waals surface area contributed by atoms with Gasteiger partial charge in [-0.15, -0.1) is 6.58 Å². The molecule has 0 bridgehead atoms. The number of rotatable bonds is 22. The summed E-state index contributed by atoms with van der Waals surface area (Å²) in [4.78, 5) is 33.5. The summed E-state index contributed by atoms with van der Waals surface area (Å²) in [7, 11) is 1.86. The maximum absolute atomic E-state index is 14.5. The predicted octanol–water partition coefficient (Wildman–Crippen LogP) is 11.3. The normalized spacial score (nSPS) is 23.7. The van der Waals surface area contributed by atoms with E-state index in [1.165, 1.54) is 25.0 Å². The fourth-order valence-corrected chi connectivity index (χ4v) is 11.1. The third-order valence-corrected chi connectivity index (χ3v) is 14.5. The molecule has 12 nitrogen and oxygen atoms in total. The zero-order valence-electron chi connectivity index (χ0n) is 38.7. The molecule has 8 rings (SSSR count). The van der Waals surface area contributed by atoms with E-state index < -0.39 is 22.7 Å². The van der Waals surface area contributed by atoms with Crippen LogP contribution in [0.2, 0.25) is 0 Å². The topological polar surface area (TPSA) is 153 Å². The first-order valence-electron chi connectivity index (χ1n) is 24.3. The number of nitro groups is 1. The molecule has 354 valence electrons. The number of amides is 1. The van der Waals surface area contributed by atoms with Crippen LogP contribution in [-0.2, 0) is 21.0 Å². The Kier molecular flexibility index (Phi) is 15.9. The molecule has 4 aromatic rings. The number of unbranched alkanes of at least 4 members (excludes halogenated alkanes) is 2. The molecular formula is C55H65N3O9. The number of allylic oxidation sites excluding steroid dienone is 1. The van der Waals surface area contributed by atoms with Crippen LogP contribution in [0, 0.1) is 33.8 Å². The molecule has 2 fully saturated rings. The molecule has 1 heterocycles. The van der Waals surface area contributed by atoms with Gasteiger partial charge in [0, 0.05) is 56.7 Å². The molecule has 0 saturated heterocycles. The minimum absolute atomic E-state index is 0.00651. The van der Waals surface area contributed by atoms with Crippen LogP contribution in [0.5, 0.6) is 17.2 Å². The molecule has 4 aromatic carbocycles. The average Bonchev–Trinajstić information content (AvgIpc) is 3.88. The molecule has 67 heavy (non-hydrogen) atoms. The first-order chi connectivity index (χ1) is 32.7. The van der Waals surface area contributed by atoms with E-state index in [2.05, 4.69) is 43.0 Å². The SMILES string of the molecule is C=CCO[C@@]12Oc3ccc(Oc4ccc(-c5ccccc5)cc4)cc3[C@H]3[C@H](CCCCO)[C@@H](CCCCO)C=C(C(=NOCc4ccc([N+](=O)[O-])cc4)C[C@@H]1N(C)C(=O)CCC1CCCC1)[C@H]32. The molecule has 2 N–H and O–H groups in total. The van der Waals surface area contributed by atoms with Gasteiger partial charge < -0.3 is 34.2 Å². The highest BCUT2D eigenvalue weighted by molar-refractivity contribution is 6.03. The Morgan fingerprint density at radius 3 is 2.31 bits per heavy atom. The number of hydrogen-bond donors (Lipinski definition) is 2. The Balaban J connectivity index is 1.24. The zero-order valence-corrected chi connectivity index (χ0v) is 38.7. The maximum Gasteiger partial charge on any atom is 0.269 e. The van der Waals surface area contributed by atoms with Crippen LogP contribution in [0.15, 0.2) is 127 Å². The first-order valence-corrected chi connectivity index (χ1v) is 24.3. The largest absolute Gasteiger partial charge is 0.459 e. The molecule has 6 atom stereocenters. The molecule has 2 saturated carbocycles. The van der Waals surface area contributed by atoms with Gasteiger partial charge >= 0.3 is 0 Å². The van der Waals surface area contributed by atoms with Crippen molar-refractivity contribution in [2.24, 2.45) is 28.8 Å². The van der Waals surface area contributed by atoms with E-state index in [-0.39, 0.29) is 62.2 Å². The molecule has 1 aliphatic heterocycles. The number of ether oxygens (including phenoxy) is 3. The molecule has 1 amide bonds. The van der Waals surface area contributed by atoms with Crippen LogP contribution in [0.1, 0.15) is 101 Å². The first kappa shape index (κ1) is 47.7. The number of nitro benzene ring substituents is 1. The van der Waals surface area contributed by atoms with Crippen molar-refractivity contribution in [3.8, 4) is 28.4 Å². The lowest BCUT2D eigenvalue weighted by atomic mass is 9.55. The van der Waals surface area contributed by atoms with Gasteiger partial charge in [-0.1, -0.05) is 98.3 Å². The van der Waals surface area contributed by atoms with Crippen molar-refractivity contribution in [3.05, 3.63) is 143 Å². The van der Waals surface area contributed by atoms with Gasteiger partial charge in [0.25, 0.3) is 5.69 Å². The van der Waals surface area contributed by atoms with Crippen molar-refractivity contribution in [1.82, 2.24) is 4.90 Å². The highest BCUT2D eigenvalue weighted by Crippen LogP contribution is 2.62. The summed E-state index contributed by atoms with van der Waals surface area (Å²) in [6.45, 7) is 4.48. The molecule has 0 aromatic heterocycles. The number of fused-ring (bicyclic) bond motifs is 2. The minimum Gasteiger partial charge on any atom is -0.459 e. The summed E-state index contributed by atoms with van der Waals surface area (Å²) in [6.07, 6.45) is 14.8. The fraction of sp³-hybridized carbons (Fsp3) is 0.455. The van der Waals surface area contributed by atoms with E-state index in [1.54, 1.807) is 18.2 Å². The smallest absolute Gasteiger partial charge is 0.269 e. The number of non-ortho nitro benzene ring substituents is 1. The standard InChI is InChI=1S/C55H65N3O9/c1-3-33-64-55-51(57(2)52(61)30-21-38-13-7-8-14-38)36-49(56-65-37-39-19-24-43(25-20-39)58(62)63)47-34-42(17-9-11-31-59)46(18-10-12-32-60)53(54(47)55)48-35-45(28-29-50(48)67-55)66-44-26-22-41(23-27-44)40-15-5-4-6-16-40/h3-6,15-16,19-20,22-29,34-35,38,42,46,51,53-54,59-60H,1,7-14,17-18,21,30-33,36-37H2,2H3/t42-,46+,51-,53+,54+,55+/m0/s1. The number of aliphatic hydroxyl groups excluding tert-OH is 2. The lowest BCUT2D eigenvalue weighted by Gasteiger charge is -2.59. The molecule has 0 radical (unpaired) electrons. The summed E-state index contributed by atoms with van der Waals surface area (Å²) >= 11 is 0. The van der Waals surface area contributed by atoms with E-state index in [1.807, 2.05) is 54.4 Å². The number of likely N-dealkylation sites (N-methyl/N-ethyl adjacent to an activating group) is 1. The number of carbonyl (C=O) groups excluding carboxylic acids is 1. The molecule has 0 unspecified atom stereocenters. The predicted molar refractivity (Wildman–Crippen MR) is 259 cm³/mol. The lowest BCUT2D eigenvalue weighted by molar-refractivity contribution is -0.384. The second-order valence-electron chi connectivity index (χ2n) is 18.7. The highest BCUT2D eigenvalue weighted by Gasteiger charge is 2.65. The summed E-state index contributed by atoms with van der Waals surface area (Å²) in [5.41, 5.74) is 5.52. The Labute approximate surface area is 394 Å². The van der Waals surface area contributed by atoms with Gasteiger partial charge in [0.05, 0.1) is 23.2 Å². The number of oxime groups is 1. The van der Waals surface area contributed by atoms with Crippen molar-refractivity contribution >= 4 is 17.3 Å². The summed E-state index contributed by atoms with van der Waals surface area (Å²) in [6, 6.07) is 29.9. The van der Waals surface area contributed by atoms with Crippen molar-refractivity contribution in [2.45, 2.75) is 108 Å². The van der Waals surface area contributed by atoms with Crippen LogP contribution >= 0.6 is 0 Å². The van der Waals surface area contributed by atoms with Crippen LogP contribution in [-0.4, -0.2) is 70.4 Å². The van der Waals surface area contributed by atoms with Crippen molar-refractivity contribution in [1.29, 1.82) is 0 Å². The summed E-state index contributed by atoms with van der Waals surface area (Å²) < 4.78 is 21.1. The number of nitrogens with zero attached hydrogens (tertiary/aromatic N) is 3. The number of aliphatic hydroxyl groups is 2. The van der Waals surface area contributed by atoms with E-state index >= 15 is 0 Å². The summed E-state index contributed by atoms with van der Waals surface area (Å²) in [5, 5.41) is 36.3. The van der Waals surface area contributed by atoms with Crippen LogP contribution < -0.4 is 9.47 Å². The Morgan fingerprint density at radius 1 is 0.910 bits per heavy atom. The third-order valence-electron chi connectivity index (χ3n) is 14.5. The zero-order chi connectivity index (χ0) is 46.8. The van der Waals surface area contributed by atoms with E-state index in [4.69, 9.17) is 24.2 Å². The second-order valence-corrected chi connectivity index (χ2v) is 18.7. The lowest BCUT2D eigenvalue weighted by Crippen LogP contribution is -2.69. The molecule has 12 heteroatoms.